The van der Waals surface area contributed by atoms with Crippen molar-refractivity contribution in [2.24, 2.45) is 5.41 Å². The number of sulfonamides is 1. The molecule has 0 aliphatic carbocycles. The molecule has 0 spiro atoms. The number of carbonyl (C=O) groups excluding carboxylic acids is 1. The molecule has 2 atom stereocenters. The normalized spacial score (nSPS) is 17.5. The summed E-state index contributed by atoms with van der Waals surface area (Å²) in [7, 11) is -4.16. The molecule has 1 N–H and O–H groups in total. The Morgan fingerprint density at radius 3 is 2.51 bits per heavy atom. The molecule has 196 valence electrons. The van der Waals surface area contributed by atoms with Gasteiger partial charge in [0, 0.05) is 17.8 Å². The fourth-order valence-corrected chi connectivity index (χ4v) is 6.48. The zero-order valence-corrected chi connectivity index (χ0v) is 22.5. The highest BCUT2D eigenvalue weighted by molar-refractivity contribution is 7.89. The molecule has 0 saturated carbocycles. The number of hydrogen-bond donors (Lipinski definition) is 1. The van der Waals surface area contributed by atoms with Crippen molar-refractivity contribution in [1.82, 2.24) is 14.2 Å². The van der Waals surface area contributed by atoms with Crippen molar-refractivity contribution in [1.29, 1.82) is 0 Å². The molecule has 0 unspecified atom stereocenters. The predicted molar refractivity (Wildman–Crippen MR) is 142 cm³/mol. The largest absolute Gasteiger partial charge is 0.480 e. The quantitative estimate of drug-likeness (QED) is 0.446. The number of likely N-dealkylation sites (tertiary alicyclic amines) is 1. The fourth-order valence-electron chi connectivity index (χ4n) is 4.68. The van der Waals surface area contributed by atoms with Crippen molar-refractivity contribution in [2.75, 3.05) is 6.54 Å². The van der Waals surface area contributed by atoms with Gasteiger partial charge in [0.2, 0.25) is 15.9 Å². The number of carboxylic acids is 1. The molecule has 8 nitrogen and oxygen atoms in total. The first kappa shape index (κ1) is 27.0. The SMILES string of the molecule is CC(C)(C)C[C@@H](C(=O)O)N1CC[C@H](N(Cc2ccccn2)S(=O)(=O)c2ccc3cc(Cl)ccc3c2)C1=O. The van der Waals surface area contributed by atoms with Gasteiger partial charge in [-0.2, -0.15) is 4.31 Å². The Morgan fingerprint density at radius 2 is 1.86 bits per heavy atom. The van der Waals surface area contributed by atoms with Crippen molar-refractivity contribution in [2.45, 2.75) is 57.1 Å². The number of benzene rings is 2. The van der Waals surface area contributed by atoms with E-state index in [4.69, 9.17) is 11.6 Å². The second-order valence-electron chi connectivity index (χ2n) is 10.5. The molecule has 2 heterocycles. The second kappa shape index (κ2) is 10.4. The van der Waals surface area contributed by atoms with E-state index in [0.717, 1.165) is 9.69 Å². The summed E-state index contributed by atoms with van der Waals surface area (Å²) in [5, 5.41) is 11.9. The van der Waals surface area contributed by atoms with E-state index in [9.17, 15) is 23.1 Å². The lowest BCUT2D eigenvalue weighted by Gasteiger charge is -2.31. The number of amides is 1. The van der Waals surface area contributed by atoms with Gasteiger partial charge in [-0.25, -0.2) is 13.2 Å². The van der Waals surface area contributed by atoms with Crippen LogP contribution in [0.25, 0.3) is 10.8 Å². The molecule has 3 aromatic rings. The average molecular weight is 544 g/mol. The maximum absolute atomic E-state index is 14.0. The molecule has 1 aliphatic rings. The van der Waals surface area contributed by atoms with Crippen LogP contribution in [0.4, 0.5) is 0 Å². The molecule has 1 aromatic heterocycles. The van der Waals surface area contributed by atoms with Crippen molar-refractivity contribution < 1.29 is 23.1 Å². The van der Waals surface area contributed by atoms with E-state index in [2.05, 4.69) is 4.98 Å². The van der Waals surface area contributed by atoms with E-state index in [1.807, 2.05) is 20.8 Å². The Balaban J connectivity index is 1.73. The molecule has 2 aromatic carbocycles. The van der Waals surface area contributed by atoms with Crippen LogP contribution in [0.5, 0.6) is 0 Å². The number of carbonyl (C=O) groups is 2. The Morgan fingerprint density at radius 1 is 1.16 bits per heavy atom. The van der Waals surface area contributed by atoms with Crippen LogP contribution in [0.2, 0.25) is 5.02 Å². The lowest BCUT2D eigenvalue weighted by molar-refractivity contribution is -0.150. The summed E-state index contributed by atoms with van der Waals surface area (Å²) >= 11 is 6.08. The standard InChI is InChI=1S/C27H30ClN3O5S/c1-27(2,3)16-24(26(33)34)30-13-11-23(25(30)32)31(17-21-6-4-5-12-29-21)37(35,36)22-10-8-18-14-20(28)9-7-19(18)15-22/h4-10,12,14-15,23-24H,11,13,16-17H2,1-3H3,(H,33,34)/t23-,24-/m0/s1. The van der Waals surface area contributed by atoms with Gasteiger partial charge in [-0.15, -0.1) is 0 Å². The van der Waals surface area contributed by atoms with Crippen molar-refractivity contribution in [3.05, 3.63) is 71.5 Å². The maximum Gasteiger partial charge on any atom is 0.326 e. The Hall–Kier alpha value is -3.01. The molecule has 0 bridgehead atoms. The maximum atomic E-state index is 14.0. The van der Waals surface area contributed by atoms with E-state index in [0.29, 0.717) is 16.1 Å². The van der Waals surface area contributed by atoms with Crippen LogP contribution >= 0.6 is 11.6 Å². The van der Waals surface area contributed by atoms with Crippen LogP contribution < -0.4 is 0 Å². The van der Waals surface area contributed by atoms with Gasteiger partial charge in [-0.05, 0) is 65.4 Å². The number of halogens is 1. The topological polar surface area (TPSA) is 108 Å². The monoisotopic (exact) mass is 543 g/mol. The number of nitrogens with zero attached hydrogens (tertiary/aromatic N) is 3. The van der Waals surface area contributed by atoms with E-state index in [1.54, 1.807) is 54.7 Å². The van der Waals surface area contributed by atoms with Crippen LogP contribution in [-0.2, 0) is 26.2 Å². The highest BCUT2D eigenvalue weighted by Crippen LogP contribution is 2.32. The number of rotatable bonds is 8. The number of hydrogen-bond acceptors (Lipinski definition) is 5. The summed E-state index contributed by atoms with van der Waals surface area (Å²) in [5.74, 6) is -1.61. The van der Waals surface area contributed by atoms with Crippen LogP contribution in [0.1, 0.15) is 39.3 Å². The van der Waals surface area contributed by atoms with Crippen LogP contribution in [0.3, 0.4) is 0 Å². The van der Waals surface area contributed by atoms with Gasteiger partial charge < -0.3 is 10.0 Å². The van der Waals surface area contributed by atoms with Crippen molar-refractivity contribution in [3.63, 3.8) is 0 Å². The highest BCUT2D eigenvalue weighted by atomic mass is 35.5. The Labute approximate surface area is 221 Å². The first-order valence-corrected chi connectivity index (χ1v) is 13.8. The third kappa shape index (κ3) is 5.95. The number of aromatic nitrogens is 1. The second-order valence-corrected chi connectivity index (χ2v) is 12.8. The van der Waals surface area contributed by atoms with Crippen LogP contribution in [0, 0.1) is 5.41 Å². The summed E-state index contributed by atoms with van der Waals surface area (Å²) in [6.45, 7) is 5.76. The number of pyridine rings is 1. The summed E-state index contributed by atoms with van der Waals surface area (Å²) in [6.07, 6.45) is 2.00. The van der Waals surface area contributed by atoms with Crippen LogP contribution in [0.15, 0.2) is 65.7 Å². The van der Waals surface area contributed by atoms with E-state index < -0.39 is 34.0 Å². The molecular weight excluding hydrogens is 514 g/mol. The number of fused-ring (bicyclic) bond motifs is 1. The summed E-state index contributed by atoms with van der Waals surface area (Å²) in [4.78, 5) is 31.3. The molecular formula is C27H30ClN3O5S. The van der Waals surface area contributed by atoms with E-state index in [1.165, 1.54) is 11.0 Å². The minimum atomic E-state index is -4.16. The molecule has 1 aliphatic heterocycles. The third-order valence-corrected chi connectivity index (χ3v) is 8.54. The zero-order valence-electron chi connectivity index (χ0n) is 21.0. The average Bonchev–Trinajstić information content (AvgIpc) is 3.20. The lowest BCUT2D eigenvalue weighted by atomic mass is 9.87. The Bertz CT molecular complexity index is 1420. The fraction of sp³-hybridized carbons (Fsp3) is 0.370. The molecule has 1 amide bonds. The Kier molecular flexibility index (Phi) is 7.60. The van der Waals surface area contributed by atoms with Crippen LogP contribution in [-0.4, -0.2) is 58.2 Å². The van der Waals surface area contributed by atoms with Gasteiger partial charge in [0.15, 0.2) is 0 Å². The van der Waals surface area contributed by atoms with Gasteiger partial charge in [0.05, 0.1) is 17.1 Å². The number of carboxylic acid groups (broad SMARTS) is 1. The molecule has 10 heteroatoms. The zero-order chi connectivity index (χ0) is 27.0. The van der Waals surface area contributed by atoms with Crippen molar-refractivity contribution >= 4 is 44.3 Å². The first-order valence-electron chi connectivity index (χ1n) is 12.0. The van der Waals surface area contributed by atoms with Gasteiger partial charge in [0.25, 0.3) is 0 Å². The van der Waals surface area contributed by atoms with Gasteiger partial charge >= 0.3 is 5.97 Å². The first-order chi connectivity index (χ1) is 17.4. The summed E-state index contributed by atoms with van der Waals surface area (Å²) in [5.41, 5.74) is 0.143. The molecule has 1 saturated heterocycles. The molecule has 0 radical (unpaired) electrons. The van der Waals surface area contributed by atoms with Gasteiger partial charge in [-0.3, -0.25) is 9.78 Å². The minimum absolute atomic E-state index is 0.0361. The summed E-state index contributed by atoms with van der Waals surface area (Å²) < 4.78 is 29.2. The molecule has 37 heavy (non-hydrogen) atoms. The number of aliphatic carboxylic acids is 1. The highest BCUT2D eigenvalue weighted by Gasteiger charge is 2.46. The van der Waals surface area contributed by atoms with Crippen molar-refractivity contribution in [3.8, 4) is 0 Å². The molecule has 1 fully saturated rings. The smallest absolute Gasteiger partial charge is 0.326 e. The third-order valence-electron chi connectivity index (χ3n) is 6.45. The van der Waals surface area contributed by atoms with E-state index in [-0.39, 0.29) is 36.2 Å². The predicted octanol–water partition coefficient (Wildman–Crippen LogP) is 4.57. The minimum Gasteiger partial charge on any atom is -0.480 e. The van der Waals surface area contributed by atoms with Gasteiger partial charge in [0.1, 0.15) is 12.1 Å². The summed E-state index contributed by atoms with van der Waals surface area (Å²) in [6, 6.07) is 13.0. The molecule has 4 rings (SSSR count). The van der Waals surface area contributed by atoms with E-state index >= 15 is 0 Å². The van der Waals surface area contributed by atoms with Gasteiger partial charge in [-0.1, -0.05) is 50.6 Å². The lowest BCUT2D eigenvalue weighted by Crippen LogP contribution is -2.49.